The number of hydrogen-bond donors (Lipinski definition) is 1. The summed E-state index contributed by atoms with van der Waals surface area (Å²) in [5.74, 6) is 0.616. The molecule has 0 aliphatic rings. The summed E-state index contributed by atoms with van der Waals surface area (Å²) in [4.78, 5) is 10.1. The minimum Gasteiger partial charge on any atom is -0.384 e. The van der Waals surface area contributed by atoms with Crippen LogP contribution in [-0.4, -0.2) is 5.16 Å². The Kier molecular flexibility index (Phi) is 3.51. The topological polar surface area (TPSA) is 46.0 Å². The normalized spacial score (nSPS) is 7.89. The van der Waals surface area contributed by atoms with Crippen molar-refractivity contribution < 1.29 is 4.52 Å². The van der Waals surface area contributed by atoms with Crippen LogP contribution in [0, 0.1) is 6.92 Å². The fourth-order valence-electron chi connectivity index (χ4n) is 0.374. The molecule has 1 aromatic rings. The quantitative estimate of drug-likeness (QED) is 0.574. The average molecular weight is 129 g/mol. The second-order valence-electron chi connectivity index (χ2n) is 1.32. The zero-order valence-electron chi connectivity index (χ0n) is 5.89. The van der Waals surface area contributed by atoms with E-state index in [1.54, 1.807) is 6.92 Å². The van der Waals surface area contributed by atoms with E-state index in [0.717, 1.165) is 0 Å². The van der Waals surface area contributed by atoms with Crippen LogP contribution in [0.3, 0.4) is 0 Å². The van der Waals surface area contributed by atoms with E-state index in [-0.39, 0.29) is 5.56 Å². The van der Waals surface area contributed by atoms with Crippen molar-refractivity contribution in [2.75, 3.05) is 0 Å². The number of aryl methyl sites for hydroxylation is 1. The first kappa shape index (κ1) is 8.01. The Morgan fingerprint density at radius 1 is 1.56 bits per heavy atom. The Bertz CT molecular complexity index is 199. The maximum Gasteiger partial charge on any atom is 0.280 e. The van der Waals surface area contributed by atoms with Gasteiger partial charge >= 0.3 is 0 Å². The van der Waals surface area contributed by atoms with Gasteiger partial charge in [0.1, 0.15) is 5.76 Å². The molecule has 0 atom stereocenters. The van der Waals surface area contributed by atoms with Crippen molar-refractivity contribution in [3.63, 3.8) is 0 Å². The van der Waals surface area contributed by atoms with Crippen LogP contribution in [0.15, 0.2) is 15.4 Å². The summed E-state index contributed by atoms with van der Waals surface area (Å²) < 4.78 is 4.53. The van der Waals surface area contributed by atoms with Crippen LogP contribution in [0.5, 0.6) is 0 Å². The summed E-state index contributed by atoms with van der Waals surface area (Å²) in [7, 11) is 0. The maximum absolute atomic E-state index is 10.1. The van der Waals surface area contributed by atoms with Crippen molar-refractivity contribution in [3.8, 4) is 0 Å². The molecular formula is C6H11NO2. The lowest BCUT2D eigenvalue weighted by atomic mass is 10.5. The summed E-state index contributed by atoms with van der Waals surface area (Å²) >= 11 is 0. The second kappa shape index (κ2) is 3.95. The van der Waals surface area contributed by atoms with Crippen molar-refractivity contribution in [2.45, 2.75) is 20.8 Å². The van der Waals surface area contributed by atoms with Crippen LogP contribution in [-0.2, 0) is 0 Å². The summed E-state index contributed by atoms with van der Waals surface area (Å²) in [6.07, 6.45) is 0. The molecule has 1 aromatic heterocycles. The van der Waals surface area contributed by atoms with Gasteiger partial charge in [-0.25, -0.2) is 0 Å². The first-order valence-electron chi connectivity index (χ1n) is 2.94. The number of H-pyrrole nitrogens is 1. The Labute approximate surface area is 53.7 Å². The van der Waals surface area contributed by atoms with Crippen LogP contribution in [0.25, 0.3) is 0 Å². The Morgan fingerprint density at radius 2 is 2.11 bits per heavy atom. The molecule has 9 heavy (non-hydrogen) atoms. The third kappa shape index (κ3) is 2.74. The predicted octanol–water partition coefficient (Wildman–Crippen LogP) is 1.30. The molecule has 0 aromatic carbocycles. The first-order chi connectivity index (χ1) is 4.29. The Hall–Kier alpha value is -0.990. The van der Waals surface area contributed by atoms with Crippen molar-refractivity contribution >= 4 is 0 Å². The molecule has 3 heteroatoms. The number of nitrogens with one attached hydrogen (secondary N) is 1. The highest BCUT2D eigenvalue weighted by Gasteiger charge is 1.85. The van der Waals surface area contributed by atoms with Gasteiger partial charge in [-0.05, 0) is 6.92 Å². The minimum atomic E-state index is -0.183. The molecule has 52 valence electrons. The van der Waals surface area contributed by atoms with Gasteiger partial charge in [-0.2, -0.15) is 5.16 Å². The number of aromatic nitrogens is 1. The second-order valence-corrected chi connectivity index (χ2v) is 1.32. The molecule has 3 nitrogen and oxygen atoms in total. The predicted molar refractivity (Wildman–Crippen MR) is 35.4 cm³/mol. The molecule has 0 saturated heterocycles. The molecule has 0 amide bonds. The molecule has 0 aliphatic carbocycles. The highest BCUT2D eigenvalue weighted by Crippen LogP contribution is 1.83. The molecule has 0 unspecified atom stereocenters. The molecular weight excluding hydrogens is 118 g/mol. The SMILES string of the molecule is CC.Cc1cc(=O)[nH]o1. The fourth-order valence-corrected chi connectivity index (χ4v) is 0.374. The van der Waals surface area contributed by atoms with Crippen LogP contribution in [0.4, 0.5) is 0 Å². The summed E-state index contributed by atoms with van der Waals surface area (Å²) in [5, 5.41) is 2.14. The summed E-state index contributed by atoms with van der Waals surface area (Å²) in [5.41, 5.74) is -0.183. The smallest absolute Gasteiger partial charge is 0.280 e. The molecule has 0 spiro atoms. The van der Waals surface area contributed by atoms with Crippen LogP contribution < -0.4 is 5.56 Å². The van der Waals surface area contributed by atoms with E-state index in [2.05, 4.69) is 9.68 Å². The standard InChI is InChI=1S/C4H5NO2.C2H6/c1-3-2-4(6)5-7-3;1-2/h2H,1H3,(H,5,6);1-2H3. The monoisotopic (exact) mass is 129 g/mol. The number of rotatable bonds is 0. The van der Waals surface area contributed by atoms with Crippen molar-refractivity contribution in [1.82, 2.24) is 5.16 Å². The maximum atomic E-state index is 10.1. The van der Waals surface area contributed by atoms with Gasteiger partial charge in [0, 0.05) is 6.07 Å². The Morgan fingerprint density at radius 3 is 2.22 bits per heavy atom. The molecule has 1 N–H and O–H groups in total. The zero-order valence-corrected chi connectivity index (χ0v) is 5.89. The fraction of sp³-hybridized carbons (Fsp3) is 0.500. The first-order valence-corrected chi connectivity index (χ1v) is 2.94. The largest absolute Gasteiger partial charge is 0.384 e. The van der Waals surface area contributed by atoms with Crippen molar-refractivity contribution in [3.05, 3.63) is 22.2 Å². The third-order valence-electron chi connectivity index (χ3n) is 0.647. The number of hydrogen-bond acceptors (Lipinski definition) is 2. The van der Waals surface area contributed by atoms with Gasteiger partial charge in [-0.15, -0.1) is 0 Å². The van der Waals surface area contributed by atoms with E-state index in [0.29, 0.717) is 5.76 Å². The van der Waals surface area contributed by atoms with E-state index in [4.69, 9.17) is 0 Å². The van der Waals surface area contributed by atoms with Crippen LogP contribution in [0.2, 0.25) is 0 Å². The molecule has 0 aliphatic heterocycles. The molecule has 1 heterocycles. The lowest BCUT2D eigenvalue weighted by molar-refractivity contribution is 0.392. The number of aromatic amines is 1. The van der Waals surface area contributed by atoms with Crippen LogP contribution in [0.1, 0.15) is 19.6 Å². The van der Waals surface area contributed by atoms with E-state index in [1.165, 1.54) is 6.07 Å². The Balaban J connectivity index is 0.000000291. The van der Waals surface area contributed by atoms with Gasteiger partial charge in [0.05, 0.1) is 0 Å². The summed E-state index contributed by atoms with van der Waals surface area (Å²) in [6.45, 7) is 5.71. The van der Waals surface area contributed by atoms with Crippen molar-refractivity contribution in [1.29, 1.82) is 0 Å². The highest BCUT2D eigenvalue weighted by molar-refractivity contribution is 4.88. The molecule has 0 saturated carbocycles. The zero-order chi connectivity index (χ0) is 7.28. The molecule has 0 fully saturated rings. The molecule has 1 rings (SSSR count). The molecule has 0 radical (unpaired) electrons. The molecule has 0 bridgehead atoms. The van der Waals surface area contributed by atoms with Gasteiger partial charge < -0.3 is 4.52 Å². The van der Waals surface area contributed by atoms with Gasteiger partial charge in [0.15, 0.2) is 0 Å². The van der Waals surface area contributed by atoms with Crippen molar-refractivity contribution in [2.24, 2.45) is 0 Å². The lowest BCUT2D eigenvalue weighted by Crippen LogP contribution is -1.92. The van der Waals surface area contributed by atoms with Gasteiger partial charge in [-0.1, -0.05) is 13.8 Å². The minimum absolute atomic E-state index is 0.183. The average Bonchev–Trinajstić information content (AvgIpc) is 2.20. The highest BCUT2D eigenvalue weighted by atomic mass is 16.5. The van der Waals surface area contributed by atoms with Crippen LogP contribution >= 0.6 is 0 Å². The third-order valence-corrected chi connectivity index (χ3v) is 0.647. The van der Waals surface area contributed by atoms with E-state index in [9.17, 15) is 4.79 Å². The van der Waals surface area contributed by atoms with E-state index < -0.39 is 0 Å². The summed E-state index contributed by atoms with van der Waals surface area (Å²) in [6, 6.07) is 1.39. The lowest BCUT2D eigenvalue weighted by Gasteiger charge is -1.66. The van der Waals surface area contributed by atoms with Gasteiger partial charge in [0.25, 0.3) is 5.56 Å². The van der Waals surface area contributed by atoms with E-state index >= 15 is 0 Å². The van der Waals surface area contributed by atoms with E-state index in [1.807, 2.05) is 13.8 Å². The van der Waals surface area contributed by atoms with Gasteiger partial charge in [0.2, 0.25) is 0 Å². The van der Waals surface area contributed by atoms with Gasteiger partial charge in [-0.3, -0.25) is 4.79 Å².